The van der Waals surface area contributed by atoms with Crippen LogP contribution in [0.4, 0.5) is 5.82 Å². The quantitative estimate of drug-likeness (QED) is 0.699. The van der Waals surface area contributed by atoms with Gasteiger partial charge in [0, 0.05) is 11.6 Å². The zero-order chi connectivity index (χ0) is 9.10. The number of rotatable bonds is 2. The Balaban J connectivity index is 2.55. The minimum atomic E-state index is 0.522. The molecule has 0 aliphatic carbocycles. The van der Waals surface area contributed by atoms with E-state index in [1.54, 1.807) is 18.7 Å². The molecule has 1 aromatic carbocycles. The van der Waals surface area contributed by atoms with Gasteiger partial charge in [-0.25, -0.2) is 4.98 Å². The smallest absolute Gasteiger partial charge is 0.302 e. The Morgan fingerprint density at radius 2 is 2.00 bits per heavy atom. The van der Waals surface area contributed by atoms with Gasteiger partial charge in [-0.3, -0.25) is 4.79 Å². The van der Waals surface area contributed by atoms with Gasteiger partial charge in [0.25, 0.3) is 0 Å². The first-order chi connectivity index (χ1) is 6.40. The predicted molar refractivity (Wildman–Crippen MR) is 51.1 cm³/mol. The van der Waals surface area contributed by atoms with E-state index >= 15 is 0 Å². The molecule has 63 valence electrons. The van der Waals surface area contributed by atoms with Crippen molar-refractivity contribution in [2.45, 2.75) is 0 Å². The zero-order valence-electron chi connectivity index (χ0n) is 6.82. The van der Waals surface area contributed by atoms with Crippen LogP contribution < -0.4 is 5.32 Å². The number of nitrogens with zero attached hydrogens (tertiary/aromatic N) is 1. The number of carbonyl (C=O) groups excluding carboxylic acids is 1. The lowest BCUT2D eigenvalue weighted by molar-refractivity contribution is 0.561. The molecule has 2 aromatic rings. The number of anilines is 1. The van der Waals surface area contributed by atoms with Crippen LogP contribution in [0.5, 0.6) is 0 Å². The Kier molecular flexibility index (Phi) is 1.92. The summed E-state index contributed by atoms with van der Waals surface area (Å²) in [5.74, 6) is 0.522. The van der Waals surface area contributed by atoms with Crippen molar-refractivity contribution in [1.29, 1.82) is 0 Å². The van der Waals surface area contributed by atoms with Crippen molar-refractivity contribution in [3.63, 3.8) is 0 Å². The number of fused-ring (bicyclic) bond motifs is 1. The van der Waals surface area contributed by atoms with Gasteiger partial charge in [-0.15, -0.1) is 0 Å². The molecule has 2 rings (SSSR count). The largest absolute Gasteiger partial charge is 0.315 e. The number of pyridine rings is 1. The fourth-order valence-electron chi connectivity index (χ4n) is 1.20. The highest BCUT2D eigenvalue weighted by Gasteiger charge is 1.95. The number of aromatic nitrogens is 1. The lowest BCUT2D eigenvalue weighted by Gasteiger charge is -1.99. The first kappa shape index (κ1) is 7.73. The molecule has 3 heteroatoms. The van der Waals surface area contributed by atoms with Crippen LogP contribution in [0.15, 0.2) is 36.5 Å². The maximum atomic E-state index is 10.0. The molecule has 3 nitrogen and oxygen atoms in total. The van der Waals surface area contributed by atoms with Gasteiger partial charge in [0.1, 0.15) is 5.82 Å². The number of hydrogen-bond donors (Lipinski definition) is 1. The third-order valence-electron chi connectivity index (χ3n) is 1.81. The van der Waals surface area contributed by atoms with Gasteiger partial charge >= 0.3 is 6.41 Å². The Bertz CT molecular complexity index is 440. The van der Waals surface area contributed by atoms with Gasteiger partial charge in [0.2, 0.25) is 0 Å². The highest BCUT2D eigenvalue weighted by Crippen LogP contribution is 2.15. The third kappa shape index (κ3) is 1.49. The van der Waals surface area contributed by atoms with Gasteiger partial charge in [-0.05, 0) is 11.5 Å². The molecular formula is C10H7N2O. The van der Waals surface area contributed by atoms with Crippen LogP contribution in [0.3, 0.4) is 0 Å². The zero-order valence-corrected chi connectivity index (χ0v) is 6.82. The Hall–Kier alpha value is -1.90. The molecule has 0 aliphatic rings. The van der Waals surface area contributed by atoms with E-state index in [1.807, 2.05) is 24.3 Å². The summed E-state index contributed by atoms with van der Waals surface area (Å²) in [7, 11) is 0. The summed E-state index contributed by atoms with van der Waals surface area (Å²) in [4.78, 5) is 14.1. The monoisotopic (exact) mass is 171 g/mol. The summed E-state index contributed by atoms with van der Waals surface area (Å²) in [6.07, 6.45) is 3.30. The van der Waals surface area contributed by atoms with E-state index < -0.39 is 0 Å². The fraction of sp³-hybridized carbons (Fsp3) is 0. The van der Waals surface area contributed by atoms with E-state index in [4.69, 9.17) is 0 Å². The summed E-state index contributed by atoms with van der Waals surface area (Å²) >= 11 is 0. The van der Waals surface area contributed by atoms with E-state index in [0.29, 0.717) is 5.82 Å². The molecule has 1 amide bonds. The highest BCUT2D eigenvalue weighted by molar-refractivity contribution is 5.85. The van der Waals surface area contributed by atoms with Crippen molar-refractivity contribution < 1.29 is 4.79 Å². The van der Waals surface area contributed by atoms with E-state index in [2.05, 4.69) is 10.3 Å². The number of hydrogen-bond acceptors (Lipinski definition) is 2. The number of amides is 1. The van der Waals surface area contributed by atoms with Gasteiger partial charge in [0.05, 0.1) is 0 Å². The molecular weight excluding hydrogens is 164 g/mol. The van der Waals surface area contributed by atoms with Crippen molar-refractivity contribution in [2.75, 3.05) is 5.32 Å². The molecule has 0 bridgehead atoms. The summed E-state index contributed by atoms with van der Waals surface area (Å²) in [5, 5.41) is 4.49. The lowest BCUT2D eigenvalue weighted by atomic mass is 10.2. The standard InChI is InChI=1S/C10H7N2O/c13-7-12-10-5-8-3-1-2-4-9(8)6-11-10/h1-6H,(H,11,12,13). The summed E-state index contributed by atoms with van der Waals surface area (Å²) in [6.45, 7) is 0. The molecule has 0 fully saturated rings. The molecule has 13 heavy (non-hydrogen) atoms. The Labute approximate surface area is 75.4 Å². The highest BCUT2D eigenvalue weighted by atomic mass is 16.1. The van der Waals surface area contributed by atoms with Crippen LogP contribution in [0, 0.1) is 0 Å². The minimum Gasteiger partial charge on any atom is -0.302 e. The third-order valence-corrected chi connectivity index (χ3v) is 1.81. The molecule has 0 saturated heterocycles. The van der Waals surface area contributed by atoms with Crippen LogP contribution in [0.1, 0.15) is 0 Å². The second-order valence-corrected chi connectivity index (χ2v) is 2.64. The fourth-order valence-corrected chi connectivity index (χ4v) is 1.20. The lowest BCUT2D eigenvalue weighted by Crippen LogP contribution is -1.95. The second-order valence-electron chi connectivity index (χ2n) is 2.64. The Morgan fingerprint density at radius 1 is 1.23 bits per heavy atom. The molecule has 0 saturated carbocycles. The van der Waals surface area contributed by atoms with E-state index in [1.165, 1.54) is 0 Å². The molecule has 1 N–H and O–H groups in total. The van der Waals surface area contributed by atoms with Crippen LogP contribution in [-0.4, -0.2) is 11.4 Å². The summed E-state index contributed by atoms with van der Waals surface area (Å²) < 4.78 is 0. The van der Waals surface area contributed by atoms with E-state index in [9.17, 15) is 4.79 Å². The molecule has 1 heterocycles. The first-order valence-electron chi connectivity index (χ1n) is 3.88. The van der Waals surface area contributed by atoms with Crippen molar-refractivity contribution in [3.8, 4) is 0 Å². The van der Waals surface area contributed by atoms with Gasteiger partial charge in [0.15, 0.2) is 0 Å². The first-order valence-corrected chi connectivity index (χ1v) is 3.88. The normalized spacial score (nSPS) is 9.85. The molecule has 0 unspecified atom stereocenters. The van der Waals surface area contributed by atoms with E-state index in [-0.39, 0.29) is 0 Å². The van der Waals surface area contributed by atoms with Crippen molar-refractivity contribution in [3.05, 3.63) is 36.5 Å². The van der Waals surface area contributed by atoms with Crippen LogP contribution in [0.25, 0.3) is 10.8 Å². The predicted octanol–water partition coefficient (Wildman–Crippen LogP) is 1.71. The second kappa shape index (κ2) is 3.23. The van der Waals surface area contributed by atoms with Gasteiger partial charge in [-0.1, -0.05) is 24.3 Å². The van der Waals surface area contributed by atoms with E-state index in [0.717, 1.165) is 10.8 Å². The molecule has 0 aliphatic heterocycles. The maximum Gasteiger partial charge on any atom is 0.315 e. The van der Waals surface area contributed by atoms with Crippen molar-refractivity contribution >= 4 is 23.0 Å². The number of benzene rings is 1. The average Bonchev–Trinajstić information content (AvgIpc) is 2.18. The van der Waals surface area contributed by atoms with Crippen LogP contribution in [0.2, 0.25) is 0 Å². The van der Waals surface area contributed by atoms with Crippen LogP contribution >= 0.6 is 0 Å². The number of nitrogens with one attached hydrogen (secondary N) is 1. The van der Waals surface area contributed by atoms with Gasteiger partial charge < -0.3 is 5.32 Å². The summed E-state index contributed by atoms with van der Waals surface area (Å²) in [6, 6.07) is 9.63. The molecule has 0 spiro atoms. The minimum absolute atomic E-state index is 0.522. The molecule has 1 radical (unpaired) electrons. The molecule has 0 atom stereocenters. The van der Waals surface area contributed by atoms with Gasteiger partial charge in [-0.2, -0.15) is 0 Å². The summed E-state index contributed by atoms with van der Waals surface area (Å²) in [5.41, 5.74) is 0. The average molecular weight is 171 g/mol. The topological polar surface area (TPSA) is 42.0 Å². The molecule has 1 aromatic heterocycles. The van der Waals surface area contributed by atoms with Crippen LogP contribution in [-0.2, 0) is 4.79 Å². The van der Waals surface area contributed by atoms with Crippen molar-refractivity contribution in [1.82, 2.24) is 4.98 Å². The Morgan fingerprint density at radius 3 is 2.77 bits per heavy atom. The maximum absolute atomic E-state index is 10.0. The van der Waals surface area contributed by atoms with Crippen molar-refractivity contribution in [2.24, 2.45) is 0 Å². The SMILES string of the molecule is O=[C]Nc1cc2ccccc2cn1.